The highest BCUT2D eigenvalue weighted by Gasteiger charge is 2.27. The van der Waals surface area contributed by atoms with E-state index < -0.39 is 17.4 Å². The maximum atomic E-state index is 13.1. The molecule has 178 valence electrons. The first-order valence-corrected chi connectivity index (χ1v) is 10.9. The summed E-state index contributed by atoms with van der Waals surface area (Å²) in [5.74, 6) is -1.08. The molecule has 5 N–H and O–H groups in total. The van der Waals surface area contributed by atoms with Crippen LogP contribution in [0.5, 0.6) is 5.75 Å². The van der Waals surface area contributed by atoms with Crippen LogP contribution in [0, 0.1) is 5.41 Å². The zero-order valence-electron chi connectivity index (χ0n) is 19.6. The number of phenols is 1. The van der Waals surface area contributed by atoms with Crippen molar-refractivity contribution in [1.82, 2.24) is 5.32 Å². The number of amides is 2. The molecule has 8 heteroatoms. The summed E-state index contributed by atoms with van der Waals surface area (Å²) in [6.45, 7) is 5.85. The predicted octanol–water partition coefficient (Wildman–Crippen LogP) is 3.44. The lowest BCUT2D eigenvalue weighted by Crippen LogP contribution is -2.47. The van der Waals surface area contributed by atoms with Gasteiger partial charge in [0.05, 0.1) is 12.7 Å². The van der Waals surface area contributed by atoms with E-state index in [2.05, 4.69) is 10.6 Å². The molecule has 0 saturated carbocycles. The fourth-order valence-electron chi connectivity index (χ4n) is 3.19. The Morgan fingerprint density at radius 3 is 2.42 bits per heavy atom. The van der Waals surface area contributed by atoms with Gasteiger partial charge in [0.1, 0.15) is 11.8 Å². The molecule has 2 rings (SSSR count). The van der Waals surface area contributed by atoms with Crippen LogP contribution in [-0.2, 0) is 14.3 Å². The van der Waals surface area contributed by atoms with Crippen molar-refractivity contribution in [2.75, 3.05) is 19.0 Å². The van der Waals surface area contributed by atoms with E-state index in [-0.39, 0.29) is 17.6 Å². The number of carbonyl (C=O) groups excluding carboxylic acids is 3. The van der Waals surface area contributed by atoms with Gasteiger partial charge >= 0.3 is 5.97 Å². The van der Waals surface area contributed by atoms with Crippen molar-refractivity contribution in [2.24, 2.45) is 11.1 Å². The molecular weight excluding hydrogens is 422 g/mol. The lowest BCUT2D eigenvalue weighted by molar-refractivity contribution is -0.132. The lowest BCUT2D eigenvalue weighted by atomic mass is 9.94. The van der Waals surface area contributed by atoms with Gasteiger partial charge in [-0.15, -0.1) is 0 Å². The number of unbranched alkanes of at least 4 members (excludes halogenated alkanes) is 1. The molecule has 0 heterocycles. The molecule has 0 unspecified atom stereocenters. The van der Waals surface area contributed by atoms with Crippen molar-refractivity contribution in [1.29, 1.82) is 0 Å². The van der Waals surface area contributed by atoms with Crippen LogP contribution in [0.4, 0.5) is 5.69 Å². The number of nitrogens with one attached hydrogen (secondary N) is 2. The highest BCUT2D eigenvalue weighted by Crippen LogP contribution is 2.30. The van der Waals surface area contributed by atoms with Crippen LogP contribution >= 0.6 is 0 Å². The van der Waals surface area contributed by atoms with Gasteiger partial charge in [0.25, 0.3) is 0 Å². The normalized spacial score (nSPS) is 12.0. The lowest BCUT2D eigenvalue weighted by Gasteiger charge is -2.24. The topological polar surface area (TPSA) is 131 Å². The number of methoxy groups -OCH3 is 1. The summed E-state index contributed by atoms with van der Waals surface area (Å²) in [7, 11) is 1.29. The zero-order valence-corrected chi connectivity index (χ0v) is 19.6. The Kier molecular flexibility index (Phi) is 8.99. The Balaban J connectivity index is 2.34. The minimum Gasteiger partial charge on any atom is -0.508 e. The number of ether oxygens (including phenoxy) is 1. The summed E-state index contributed by atoms with van der Waals surface area (Å²) < 4.78 is 4.87. The van der Waals surface area contributed by atoms with Crippen LogP contribution in [0.25, 0.3) is 11.1 Å². The third kappa shape index (κ3) is 7.32. The third-order valence-electron chi connectivity index (χ3n) is 5.10. The molecule has 2 amide bonds. The Bertz CT molecular complexity index is 998. The van der Waals surface area contributed by atoms with Crippen LogP contribution in [0.3, 0.4) is 0 Å². The van der Waals surface area contributed by atoms with Crippen molar-refractivity contribution < 1.29 is 24.2 Å². The number of benzene rings is 2. The summed E-state index contributed by atoms with van der Waals surface area (Å²) in [6, 6.07) is 10.5. The maximum Gasteiger partial charge on any atom is 0.338 e. The maximum absolute atomic E-state index is 13.1. The van der Waals surface area contributed by atoms with Crippen molar-refractivity contribution >= 4 is 23.5 Å². The number of aromatic hydroxyl groups is 1. The average molecular weight is 456 g/mol. The van der Waals surface area contributed by atoms with Gasteiger partial charge < -0.3 is 26.2 Å². The molecule has 33 heavy (non-hydrogen) atoms. The monoisotopic (exact) mass is 455 g/mol. The number of nitrogens with two attached hydrogens (primary N) is 1. The summed E-state index contributed by atoms with van der Waals surface area (Å²) in [6.07, 6.45) is 1.88. The van der Waals surface area contributed by atoms with Crippen LogP contribution in [-0.4, -0.2) is 42.6 Å². The zero-order chi connectivity index (χ0) is 24.6. The fraction of sp³-hybridized carbons (Fsp3) is 0.400. The second-order valence-electron chi connectivity index (χ2n) is 8.85. The van der Waals surface area contributed by atoms with E-state index in [1.165, 1.54) is 19.2 Å². The molecule has 0 aliphatic carbocycles. The number of carbonyl (C=O) groups is 3. The molecule has 2 aromatic rings. The van der Waals surface area contributed by atoms with Gasteiger partial charge in [-0.1, -0.05) is 32.9 Å². The second kappa shape index (κ2) is 11.5. The van der Waals surface area contributed by atoms with Crippen LogP contribution in [0.1, 0.15) is 50.4 Å². The van der Waals surface area contributed by atoms with Crippen LogP contribution < -0.4 is 16.4 Å². The van der Waals surface area contributed by atoms with Gasteiger partial charge in [-0.3, -0.25) is 9.59 Å². The van der Waals surface area contributed by atoms with Gasteiger partial charge in [0, 0.05) is 11.1 Å². The largest absolute Gasteiger partial charge is 0.508 e. The van der Waals surface area contributed by atoms with Crippen LogP contribution in [0.15, 0.2) is 42.5 Å². The van der Waals surface area contributed by atoms with Crippen molar-refractivity contribution in [3.8, 4) is 16.9 Å². The van der Waals surface area contributed by atoms with Crippen molar-refractivity contribution in [3.05, 3.63) is 48.0 Å². The number of phenolic OH excluding ortho intramolecular Hbond substituents is 1. The molecule has 0 aliphatic rings. The predicted molar refractivity (Wildman–Crippen MR) is 128 cm³/mol. The van der Waals surface area contributed by atoms with E-state index in [4.69, 9.17) is 10.5 Å². The number of anilines is 1. The van der Waals surface area contributed by atoms with E-state index in [9.17, 15) is 19.5 Å². The van der Waals surface area contributed by atoms with E-state index in [1.807, 2.05) is 0 Å². The Morgan fingerprint density at radius 2 is 1.82 bits per heavy atom. The average Bonchev–Trinajstić information content (AvgIpc) is 2.77. The Hall–Kier alpha value is -3.39. The minimum atomic E-state index is -0.729. The smallest absolute Gasteiger partial charge is 0.338 e. The van der Waals surface area contributed by atoms with Gasteiger partial charge in [-0.05, 0) is 67.3 Å². The molecule has 8 nitrogen and oxygen atoms in total. The van der Waals surface area contributed by atoms with E-state index in [1.54, 1.807) is 51.1 Å². The highest BCUT2D eigenvalue weighted by atomic mass is 16.5. The second-order valence-corrected chi connectivity index (χ2v) is 8.85. The molecule has 0 bridgehead atoms. The van der Waals surface area contributed by atoms with E-state index in [0.717, 1.165) is 6.42 Å². The van der Waals surface area contributed by atoms with Gasteiger partial charge in [-0.2, -0.15) is 0 Å². The van der Waals surface area contributed by atoms with Crippen molar-refractivity contribution in [2.45, 2.75) is 46.1 Å². The van der Waals surface area contributed by atoms with Gasteiger partial charge in [-0.25, -0.2) is 4.79 Å². The Morgan fingerprint density at radius 1 is 1.09 bits per heavy atom. The molecule has 1 atom stereocenters. The highest BCUT2D eigenvalue weighted by molar-refractivity contribution is 6.01. The fourth-order valence-corrected chi connectivity index (χ4v) is 3.19. The number of esters is 1. The third-order valence-corrected chi connectivity index (χ3v) is 5.10. The first kappa shape index (κ1) is 25.9. The molecule has 2 aromatic carbocycles. The number of hydrogen-bond donors (Lipinski definition) is 4. The molecule has 0 spiro atoms. The quantitative estimate of drug-likeness (QED) is 0.338. The summed E-state index contributed by atoms with van der Waals surface area (Å²) in [5, 5.41) is 15.5. The van der Waals surface area contributed by atoms with Gasteiger partial charge in [0.15, 0.2) is 0 Å². The SMILES string of the molecule is COC(=O)c1ccc(NC(=O)[C@H](CCCCN)NC(=O)C(C)(C)C)cc1-c1cccc(O)c1. The molecular formula is C25H33N3O5. The summed E-state index contributed by atoms with van der Waals surface area (Å²) in [4.78, 5) is 37.8. The van der Waals surface area contributed by atoms with Crippen LogP contribution in [0.2, 0.25) is 0 Å². The standard InChI is InChI=1S/C25H33N3O5/c1-25(2,3)24(32)28-21(10-5-6-13-26)22(30)27-17-11-12-19(23(31)33-4)20(15-17)16-8-7-9-18(29)14-16/h7-9,11-12,14-15,21,29H,5-6,10,13,26H2,1-4H3,(H,27,30)(H,28,32)/t21-/m0/s1. The van der Waals surface area contributed by atoms with E-state index >= 15 is 0 Å². The Labute approximate surface area is 194 Å². The van der Waals surface area contributed by atoms with Crippen molar-refractivity contribution in [3.63, 3.8) is 0 Å². The summed E-state index contributed by atoms with van der Waals surface area (Å²) >= 11 is 0. The van der Waals surface area contributed by atoms with Gasteiger partial charge in [0.2, 0.25) is 11.8 Å². The molecule has 0 aliphatic heterocycles. The minimum absolute atomic E-state index is 0.0441. The molecule has 0 saturated heterocycles. The molecule has 0 radical (unpaired) electrons. The molecule has 0 fully saturated rings. The number of rotatable bonds is 9. The first-order chi connectivity index (χ1) is 15.6. The number of hydrogen-bond acceptors (Lipinski definition) is 6. The van der Waals surface area contributed by atoms with E-state index in [0.29, 0.717) is 41.8 Å². The summed E-state index contributed by atoms with van der Waals surface area (Å²) in [5.41, 5.74) is 6.75. The first-order valence-electron chi connectivity index (χ1n) is 10.9. The molecule has 0 aromatic heterocycles.